The summed E-state index contributed by atoms with van der Waals surface area (Å²) < 4.78 is 10.5. The number of rotatable bonds is 8. The number of carbonyl (C=O) groups excluding carboxylic acids is 1. The molecule has 0 heterocycles. The molecule has 2 N–H and O–H groups in total. The van der Waals surface area contributed by atoms with Crippen molar-refractivity contribution >= 4 is 5.97 Å². The SMILES string of the molecule is COC(C)(C)CCOC(=O)CCC(N)c1ccccc1. The van der Waals surface area contributed by atoms with Gasteiger partial charge in [0.2, 0.25) is 0 Å². The summed E-state index contributed by atoms with van der Waals surface area (Å²) in [5.41, 5.74) is 6.81. The van der Waals surface area contributed by atoms with Gasteiger partial charge >= 0.3 is 5.97 Å². The standard InChI is InChI=1S/C16H25NO3/c1-16(2,19-3)11-12-20-15(18)10-9-14(17)13-7-5-4-6-8-13/h4-8,14H,9-12,17H2,1-3H3. The van der Waals surface area contributed by atoms with Gasteiger partial charge in [-0.2, -0.15) is 0 Å². The van der Waals surface area contributed by atoms with E-state index in [0.29, 0.717) is 25.9 Å². The van der Waals surface area contributed by atoms with E-state index in [1.165, 1.54) is 0 Å². The van der Waals surface area contributed by atoms with Gasteiger partial charge in [-0.3, -0.25) is 4.79 Å². The maximum Gasteiger partial charge on any atom is 0.305 e. The molecule has 1 aromatic rings. The van der Waals surface area contributed by atoms with Gasteiger partial charge in [0.05, 0.1) is 12.2 Å². The Hall–Kier alpha value is -1.39. The third kappa shape index (κ3) is 6.17. The molecule has 0 aliphatic carbocycles. The second-order valence-corrected chi connectivity index (χ2v) is 5.49. The molecule has 0 spiro atoms. The van der Waals surface area contributed by atoms with Gasteiger partial charge in [0, 0.05) is 26.0 Å². The lowest BCUT2D eigenvalue weighted by molar-refractivity contribution is -0.145. The molecule has 20 heavy (non-hydrogen) atoms. The fraction of sp³-hybridized carbons (Fsp3) is 0.562. The number of methoxy groups -OCH3 is 1. The first kappa shape index (κ1) is 16.7. The fourth-order valence-corrected chi connectivity index (χ4v) is 1.73. The summed E-state index contributed by atoms with van der Waals surface area (Å²) in [6, 6.07) is 9.65. The quantitative estimate of drug-likeness (QED) is 0.743. The van der Waals surface area contributed by atoms with Crippen LogP contribution in [0.5, 0.6) is 0 Å². The molecule has 0 aliphatic rings. The monoisotopic (exact) mass is 279 g/mol. The Morgan fingerprint density at radius 2 is 1.95 bits per heavy atom. The van der Waals surface area contributed by atoms with Crippen molar-refractivity contribution in [1.82, 2.24) is 0 Å². The number of esters is 1. The minimum absolute atomic E-state index is 0.126. The Balaban J connectivity index is 2.23. The first-order chi connectivity index (χ1) is 9.44. The number of hydrogen-bond donors (Lipinski definition) is 1. The summed E-state index contributed by atoms with van der Waals surface area (Å²) in [6.07, 6.45) is 1.61. The Bertz CT molecular complexity index is 403. The van der Waals surface area contributed by atoms with Crippen molar-refractivity contribution in [3.8, 4) is 0 Å². The highest BCUT2D eigenvalue weighted by Gasteiger charge is 2.17. The predicted molar refractivity (Wildman–Crippen MR) is 79.3 cm³/mol. The van der Waals surface area contributed by atoms with Crippen molar-refractivity contribution in [3.05, 3.63) is 35.9 Å². The Morgan fingerprint density at radius 1 is 1.30 bits per heavy atom. The normalized spacial score (nSPS) is 13.0. The first-order valence-electron chi connectivity index (χ1n) is 6.96. The van der Waals surface area contributed by atoms with Crippen LogP contribution in [-0.2, 0) is 14.3 Å². The van der Waals surface area contributed by atoms with Crippen molar-refractivity contribution in [2.75, 3.05) is 13.7 Å². The Kier molecular flexibility index (Phi) is 6.68. The minimum atomic E-state index is -0.263. The second kappa shape index (κ2) is 8.02. The summed E-state index contributed by atoms with van der Waals surface area (Å²) in [7, 11) is 1.65. The predicted octanol–water partition coefficient (Wildman–Crippen LogP) is 2.82. The molecule has 1 unspecified atom stereocenters. The van der Waals surface area contributed by atoms with Gasteiger partial charge in [-0.1, -0.05) is 30.3 Å². The molecule has 0 saturated carbocycles. The number of nitrogens with two attached hydrogens (primary N) is 1. The van der Waals surface area contributed by atoms with Crippen LogP contribution in [0.15, 0.2) is 30.3 Å². The molecule has 0 radical (unpaired) electrons. The lowest BCUT2D eigenvalue weighted by Gasteiger charge is -2.22. The molecule has 112 valence electrons. The highest BCUT2D eigenvalue weighted by Crippen LogP contribution is 2.16. The van der Waals surface area contributed by atoms with Crippen LogP contribution in [0.3, 0.4) is 0 Å². The molecular weight excluding hydrogens is 254 g/mol. The molecule has 0 saturated heterocycles. The van der Waals surface area contributed by atoms with E-state index in [9.17, 15) is 4.79 Å². The zero-order chi connectivity index (χ0) is 15.0. The Morgan fingerprint density at radius 3 is 2.55 bits per heavy atom. The molecule has 4 heteroatoms. The van der Waals surface area contributed by atoms with E-state index in [2.05, 4.69) is 0 Å². The summed E-state index contributed by atoms with van der Waals surface area (Å²) in [4.78, 5) is 11.6. The smallest absolute Gasteiger partial charge is 0.305 e. The van der Waals surface area contributed by atoms with Crippen LogP contribution in [0.1, 0.15) is 44.7 Å². The van der Waals surface area contributed by atoms with Crippen molar-refractivity contribution in [2.45, 2.75) is 44.8 Å². The second-order valence-electron chi connectivity index (χ2n) is 5.49. The summed E-state index contributed by atoms with van der Waals surface area (Å²) in [5.74, 6) is -0.205. The van der Waals surface area contributed by atoms with Crippen molar-refractivity contribution in [3.63, 3.8) is 0 Å². The van der Waals surface area contributed by atoms with Crippen LogP contribution < -0.4 is 5.73 Å². The van der Waals surface area contributed by atoms with Gasteiger partial charge in [-0.05, 0) is 25.8 Å². The van der Waals surface area contributed by atoms with Crippen LogP contribution in [0.25, 0.3) is 0 Å². The summed E-state index contributed by atoms with van der Waals surface area (Å²) in [6.45, 7) is 4.30. The maximum absolute atomic E-state index is 11.6. The van der Waals surface area contributed by atoms with Crippen molar-refractivity contribution < 1.29 is 14.3 Å². The van der Waals surface area contributed by atoms with Crippen molar-refractivity contribution in [1.29, 1.82) is 0 Å². The van der Waals surface area contributed by atoms with Crippen molar-refractivity contribution in [2.24, 2.45) is 5.73 Å². The fourth-order valence-electron chi connectivity index (χ4n) is 1.73. The van der Waals surface area contributed by atoms with Crippen LogP contribution in [-0.4, -0.2) is 25.3 Å². The van der Waals surface area contributed by atoms with E-state index in [1.54, 1.807) is 7.11 Å². The lowest BCUT2D eigenvalue weighted by Crippen LogP contribution is -2.25. The average molecular weight is 279 g/mol. The molecule has 4 nitrogen and oxygen atoms in total. The number of ether oxygens (including phenoxy) is 2. The Labute approximate surface area is 121 Å². The van der Waals surface area contributed by atoms with Gasteiger partial charge < -0.3 is 15.2 Å². The molecule has 0 fully saturated rings. The molecular formula is C16H25NO3. The van der Waals surface area contributed by atoms with E-state index < -0.39 is 0 Å². The van der Waals surface area contributed by atoms with E-state index in [-0.39, 0.29) is 17.6 Å². The van der Waals surface area contributed by atoms with Crippen LogP contribution in [0.2, 0.25) is 0 Å². The minimum Gasteiger partial charge on any atom is -0.466 e. The summed E-state index contributed by atoms with van der Waals surface area (Å²) >= 11 is 0. The first-order valence-corrected chi connectivity index (χ1v) is 6.96. The molecule has 0 aromatic heterocycles. The number of hydrogen-bond acceptors (Lipinski definition) is 4. The lowest BCUT2D eigenvalue weighted by atomic mass is 10.0. The highest BCUT2D eigenvalue weighted by atomic mass is 16.5. The van der Waals surface area contributed by atoms with Gasteiger partial charge in [-0.25, -0.2) is 0 Å². The van der Waals surface area contributed by atoms with E-state index in [4.69, 9.17) is 15.2 Å². The van der Waals surface area contributed by atoms with Gasteiger partial charge in [0.15, 0.2) is 0 Å². The molecule has 0 bridgehead atoms. The highest BCUT2D eigenvalue weighted by molar-refractivity contribution is 5.69. The van der Waals surface area contributed by atoms with Crippen LogP contribution >= 0.6 is 0 Å². The number of carbonyl (C=O) groups is 1. The largest absolute Gasteiger partial charge is 0.466 e. The molecule has 1 aromatic carbocycles. The zero-order valence-electron chi connectivity index (χ0n) is 12.6. The van der Waals surface area contributed by atoms with Crippen LogP contribution in [0.4, 0.5) is 0 Å². The zero-order valence-corrected chi connectivity index (χ0v) is 12.6. The molecule has 1 rings (SSSR count). The van der Waals surface area contributed by atoms with E-state index >= 15 is 0 Å². The molecule has 0 amide bonds. The maximum atomic E-state index is 11.6. The topological polar surface area (TPSA) is 61.5 Å². The third-order valence-electron chi connectivity index (χ3n) is 3.41. The average Bonchev–Trinajstić information content (AvgIpc) is 2.45. The van der Waals surface area contributed by atoms with Gasteiger partial charge in [0.25, 0.3) is 0 Å². The van der Waals surface area contributed by atoms with Gasteiger partial charge in [-0.15, -0.1) is 0 Å². The van der Waals surface area contributed by atoms with Gasteiger partial charge in [0.1, 0.15) is 0 Å². The molecule has 0 aliphatic heterocycles. The van der Waals surface area contributed by atoms with E-state index in [1.807, 2.05) is 44.2 Å². The number of benzene rings is 1. The van der Waals surface area contributed by atoms with Crippen LogP contribution in [0, 0.1) is 0 Å². The summed E-state index contributed by atoms with van der Waals surface area (Å²) in [5, 5.41) is 0. The van der Waals surface area contributed by atoms with E-state index in [0.717, 1.165) is 5.56 Å². The molecule has 1 atom stereocenters. The third-order valence-corrected chi connectivity index (χ3v) is 3.41.